The maximum Gasteiger partial charge on any atom is 0.510 e. The summed E-state index contributed by atoms with van der Waals surface area (Å²) in [5.41, 5.74) is 3.39. The SMILES string of the molecule is CCOc1nc(N)nc2c1ncn2[C@@H]1O[C@]2(F)C(OP(=O)(OCOC(=O)OC(C)C)OCOC(=O)OC(C)C)C2[C@@]1(C)F. The molecule has 2 aromatic rings. The molecule has 2 aliphatic rings. The van der Waals surface area contributed by atoms with Crippen molar-refractivity contribution in [3.63, 3.8) is 0 Å². The lowest BCUT2D eigenvalue weighted by Gasteiger charge is -2.28. The summed E-state index contributed by atoms with van der Waals surface area (Å²) in [7, 11) is -4.91. The van der Waals surface area contributed by atoms with Gasteiger partial charge in [0.25, 0.3) is 0 Å². The Morgan fingerprint density at radius 3 is 2.16 bits per heavy atom. The van der Waals surface area contributed by atoms with Crippen LogP contribution < -0.4 is 10.5 Å². The van der Waals surface area contributed by atoms with Crippen LogP contribution in [0.5, 0.6) is 5.88 Å². The van der Waals surface area contributed by atoms with Crippen molar-refractivity contribution in [3.8, 4) is 5.88 Å². The molecule has 1 aliphatic carbocycles. The van der Waals surface area contributed by atoms with Crippen LogP contribution in [-0.2, 0) is 41.8 Å². The predicted molar refractivity (Wildman–Crippen MR) is 138 cm³/mol. The molecule has 1 aliphatic heterocycles. The zero-order valence-corrected chi connectivity index (χ0v) is 24.9. The molecule has 0 radical (unpaired) electrons. The molecule has 0 aromatic carbocycles. The Morgan fingerprint density at radius 1 is 1.09 bits per heavy atom. The van der Waals surface area contributed by atoms with E-state index in [0.29, 0.717) is 0 Å². The number of halogens is 2. The highest BCUT2D eigenvalue weighted by Gasteiger charge is 2.85. The molecule has 4 rings (SSSR count). The number of aromatic nitrogens is 4. The van der Waals surface area contributed by atoms with Crippen molar-refractivity contribution >= 4 is 37.2 Å². The van der Waals surface area contributed by atoms with E-state index in [2.05, 4.69) is 24.4 Å². The first-order valence-corrected chi connectivity index (χ1v) is 14.5. The number of nitrogens with zero attached hydrogens (tertiary/aromatic N) is 4. The van der Waals surface area contributed by atoms with Gasteiger partial charge in [0.2, 0.25) is 31.3 Å². The molecule has 0 amide bonds. The molecule has 17 nitrogen and oxygen atoms in total. The van der Waals surface area contributed by atoms with Gasteiger partial charge < -0.3 is 34.2 Å². The number of carbonyl (C=O) groups excluding carboxylic acids is 2. The second-order valence-corrected chi connectivity index (χ2v) is 11.7. The van der Waals surface area contributed by atoms with Gasteiger partial charge in [-0.1, -0.05) is 0 Å². The van der Waals surface area contributed by atoms with E-state index in [4.69, 9.17) is 38.3 Å². The molecule has 2 aromatic heterocycles. The van der Waals surface area contributed by atoms with Gasteiger partial charge in [0.1, 0.15) is 6.10 Å². The number of nitrogen functional groups attached to an aromatic ring is 1. The second-order valence-electron chi connectivity index (χ2n) is 10.0. The van der Waals surface area contributed by atoms with E-state index in [1.54, 1.807) is 34.6 Å². The van der Waals surface area contributed by atoms with E-state index in [1.165, 1.54) is 0 Å². The summed E-state index contributed by atoms with van der Waals surface area (Å²) < 4.78 is 91.4. The molecule has 1 saturated carbocycles. The van der Waals surface area contributed by atoms with Crippen LogP contribution in [0.1, 0.15) is 47.8 Å². The Labute approximate surface area is 243 Å². The quantitative estimate of drug-likeness (QED) is 0.187. The highest BCUT2D eigenvalue weighted by Crippen LogP contribution is 2.71. The van der Waals surface area contributed by atoms with Gasteiger partial charge in [0.05, 0.1) is 31.1 Å². The number of hydrogen-bond donors (Lipinski definition) is 1. The molecule has 20 heteroatoms. The average molecular weight is 640 g/mol. The van der Waals surface area contributed by atoms with E-state index in [9.17, 15) is 14.2 Å². The van der Waals surface area contributed by atoms with Gasteiger partial charge in [0, 0.05) is 0 Å². The third-order valence-electron chi connectivity index (χ3n) is 6.01. The molecule has 0 spiro atoms. The summed E-state index contributed by atoms with van der Waals surface area (Å²) in [4.78, 5) is 35.5. The molecule has 1 saturated heterocycles. The average Bonchev–Trinajstić information content (AvgIpc) is 3.12. The maximum atomic E-state index is 16.2. The van der Waals surface area contributed by atoms with Crippen molar-refractivity contribution in [3.05, 3.63) is 6.33 Å². The lowest BCUT2D eigenvalue weighted by Crippen LogP contribution is -2.35. The van der Waals surface area contributed by atoms with E-state index in [-0.39, 0.29) is 29.6 Å². The van der Waals surface area contributed by atoms with Crippen LogP contribution in [0.2, 0.25) is 0 Å². The van der Waals surface area contributed by atoms with Gasteiger partial charge in [-0.25, -0.2) is 37.0 Å². The van der Waals surface area contributed by atoms with Crippen LogP contribution in [0, 0.1) is 5.92 Å². The van der Waals surface area contributed by atoms with Crippen molar-refractivity contribution in [2.45, 2.75) is 77.6 Å². The monoisotopic (exact) mass is 639 g/mol. The van der Waals surface area contributed by atoms with E-state index < -0.39 is 75.7 Å². The number of carbonyl (C=O) groups is 2. The Morgan fingerprint density at radius 2 is 1.67 bits per heavy atom. The normalized spacial score (nSPS) is 26.4. The van der Waals surface area contributed by atoms with Crippen molar-refractivity contribution in [2.75, 3.05) is 25.9 Å². The van der Waals surface area contributed by atoms with Crippen molar-refractivity contribution < 1.29 is 64.9 Å². The van der Waals surface area contributed by atoms with E-state index in [1.807, 2.05) is 0 Å². The van der Waals surface area contributed by atoms with Gasteiger partial charge in [0.15, 0.2) is 23.1 Å². The minimum Gasteiger partial charge on any atom is -0.476 e. The minimum atomic E-state index is -4.91. The first kappa shape index (κ1) is 32.5. The molecule has 2 unspecified atom stereocenters. The number of hydrogen-bond acceptors (Lipinski definition) is 16. The third kappa shape index (κ3) is 6.90. The van der Waals surface area contributed by atoms with E-state index in [0.717, 1.165) is 17.8 Å². The summed E-state index contributed by atoms with van der Waals surface area (Å²) in [5.74, 6) is -4.65. The summed E-state index contributed by atoms with van der Waals surface area (Å²) in [5, 5.41) is 0. The Bertz CT molecular complexity index is 1360. The first-order valence-electron chi connectivity index (χ1n) is 13.0. The Balaban J connectivity index is 1.49. The Kier molecular flexibility index (Phi) is 9.32. The van der Waals surface area contributed by atoms with Crippen LogP contribution >= 0.6 is 7.82 Å². The molecule has 3 heterocycles. The summed E-state index contributed by atoms with van der Waals surface area (Å²) in [6.45, 7) is 7.08. The zero-order chi connectivity index (χ0) is 31.7. The number of alkyl halides is 2. The van der Waals surface area contributed by atoms with Crippen LogP contribution in [0.25, 0.3) is 11.2 Å². The number of phosphoric ester groups is 1. The van der Waals surface area contributed by atoms with Gasteiger partial charge in [-0.3, -0.25) is 9.09 Å². The largest absolute Gasteiger partial charge is 0.510 e. The number of fused-ring (bicyclic) bond motifs is 2. The van der Waals surface area contributed by atoms with Gasteiger partial charge >= 0.3 is 20.1 Å². The third-order valence-corrected chi connectivity index (χ3v) is 7.34. The zero-order valence-electron chi connectivity index (χ0n) is 24.1. The van der Waals surface area contributed by atoms with Crippen LogP contribution in [-0.4, -0.2) is 81.9 Å². The topological polar surface area (TPSA) is 204 Å². The number of rotatable bonds is 13. The number of phosphoric acid groups is 1. The molecule has 2 N–H and O–H groups in total. The molecular weight excluding hydrogens is 607 g/mol. The predicted octanol–water partition coefficient (Wildman–Crippen LogP) is 3.92. The fourth-order valence-electron chi connectivity index (χ4n) is 4.31. The van der Waals surface area contributed by atoms with Gasteiger partial charge in [-0.2, -0.15) is 9.97 Å². The highest BCUT2D eigenvalue weighted by atomic mass is 31.2. The van der Waals surface area contributed by atoms with Crippen molar-refractivity contribution in [1.29, 1.82) is 0 Å². The lowest BCUT2D eigenvalue weighted by molar-refractivity contribution is -0.159. The summed E-state index contributed by atoms with van der Waals surface area (Å²) >= 11 is 0. The van der Waals surface area contributed by atoms with Crippen molar-refractivity contribution in [1.82, 2.24) is 19.5 Å². The second kappa shape index (κ2) is 12.3. The van der Waals surface area contributed by atoms with Crippen LogP contribution in [0.15, 0.2) is 6.33 Å². The van der Waals surface area contributed by atoms with Crippen molar-refractivity contribution in [2.24, 2.45) is 5.92 Å². The molecule has 43 heavy (non-hydrogen) atoms. The molecule has 240 valence electrons. The number of nitrogens with two attached hydrogens (primary N) is 1. The molecular formula is C23H32F2N5O12P. The highest BCUT2D eigenvalue weighted by molar-refractivity contribution is 7.48. The molecule has 0 bridgehead atoms. The van der Waals surface area contributed by atoms with Gasteiger partial charge in [-0.05, 0) is 41.5 Å². The first-order chi connectivity index (χ1) is 20.1. The summed E-state index contributed by atoms with van der Waals surface area (Å²) in [6, 6.07) is 0. The smallest absolute Gasteiger partial charge is 0.476 e. The summed E-state index contributed by atoms with van der Waals surface area (Å²) in [6.07, 6.45) is -5.75. The molecule has 5 atom stereocenters. The standard InChI is InChI=1S/C23H32F2N5O12P/c1-7-34-17-13-16(28-19(26)29-17)30(8-27-13)18-22(6,24)14-15(23(14,25)41-18)42-43(33,37-9-35-20(31)39-11(2)3)38-10-36-21(32)40-12(4)5/h8,11-12,14-15,18H,7,9-10H2,1-6H3,(H2,26,28,29)/t14?,15?,18-,22-,23+/m1/s1. The lowest BCUT2D eigenvalue weighted by atomic mass is 10.0. The number of anilines is 1. The van der Waals surface area contributed by atoms with E-state index >= 15 is 8.78 Å². The fourth-order valence-corrected chi connectivity index (χ4v) is 5.42. The number of ether oxygens (including phenoxy) is 6. The maximum absolute atomic E-state index is 16.2. The van der Waals surface area contributed by atoms with Gasteiger partial charge in [-0.15, -0.1) is 0 Å². The minimum absolute atomic E-state index is 0.0143. The molecule has 2 fully saturated rings. The van der Waals surface area contributed by atoms with Crippen LogP contribution in [0.4, 0.5) is 24.3 Å². The Hall–Kier alpha value is -3.38. The van der Waals surface area contributed by atoms with Crippen LogP contribution in [0.3, 0.4) is 0 Å². The fraction of sp³-hybridized carbons (Fsp3) is 0.696. The number of imidazole rings is 1.